The summed E-state index contributed by atoms with van der Waals surface area (Å²) in [5.41, 5.74) is 2.25. The summed E-state index contributed by atoms with van der Waals surface area (Å²) in [4.78, 5) is 35.4. The van der Waals surface area contributed by atoms with Crippen molar-refractivity contribution < 1.29 is 19.5 Å². The molecule has 0 aliphatic rings. The number of hydrogen-bond donors (Lipinski definition) is 2. The van der Waals surface area contributed by atoms with Gasteiger partial charge in [0.25, 0.3) is 0 Å². The van der Waals surface area contributed by atoms with Gasteiger partial charge < -0.3 is 10.4 Å². The first-order valence-corrected chi connectivity index (χ1v) is 8.12. The first kappa shape index (κ1) is 18.4. The van der Waals surface area contributed by atoms with Gasteiger partial charge in [-0.05, 0) is 18.1 Å². The molecule has 2 aromatic rings. The fourth-order valence-corrected chi connectivity index (χ4v) is 2.65. The van der Waals surface area contributed by atoms with Crippen molar-refractivity contribution in [3.63, 3.8) is 0 Å². The number of rotatable bonds is 8. The Hall–Kier alpha value is -2.95. The predicted molar refractivity (Wildman–Crippen MR) is 94.3 cm³/mol. The molecule has 0 aromatic heterocycles. The van der Waals surface area contributed by atoms with E-state index in [1.54, 1.807) is 30.3 Å². The normalized spacial score (nSPS) is 11.6. The van der Waals surface area contributed by atoms with Gasteiger partial charge in [0.05, 0.1) is 12.5 Å². The van der Waals surface area contributed by atoms with Crippen LogP contribution in [0.3, 0.4) is 0 Å². The van der Waals surface area contributed by atoms with Crippen molar-refractivity contribution in [3.8, 4) is 0 Å². The lowest BCUT2D eigenvalue weighted by Gasteiger charge is -2.19. The Balaban J connectivity index is 1.99. The van der Waals surface area contributed by atoms with Crippen LogP contribution in [0.1, 0.15) is 46.8 Å². The Labute approximate surface area is 146 Å². The molecule has 5 heteroatoms. The maximum Gasteiger partial charge on any atom is 0.305 e. The largest absolute Gasteiger partial charge is 0.481 e. The molecule has 2 aromatic carbocycles. The fourth-order valence-electron chi connectivity index (χ4n) is 2.65. The van der Waals surface area contributed by atoms with Crippen molar-refractivity contribution in [2.75, 3.05) is 0 Å². The zero-order valence-corrected chi connectivity index (χ0v) is 14.1. The Morgan fingerprint density at radius 1 is 0.960 bits per heavy atom. The van der Waals surface area contributed by atoms with Crippen LogP contribution in [0.5, 0.6) is 0 Å². The van der Waals surface area contributed by atoms with E-state index in [0.717, 1.165) is 11.1 Å². The number of carbonyl (C=O) groups excluding carboxylic acids is 2. The molecule has 0 spiro atoms. The standard InChI is InChI=1S/C20H21NO4/c1-14-7-5-6-10-16(14)17(13-20(24)25)21-19(23)12-11-18(22)15-8-3-2-4-9-15/h2-10,17H,11-13H2,1H3,(H,21,23)(H,24,25). The third kappa shape index (κ3) is 5.57. The summed E-state index contributed by atoms with van der Waals surface area (Å²) in [6.45, 7) is 1.87. The van der Waals surface area contributed by atoms with Crippen LogP contribution in [0.2, 0.25) is 0 Å². The van der Waals surface area contributed by atoms with Crippen LogP contribution in [0, 0.1) is 6.92 Å². The van der Waals surface area contributed by atoms with Gasteiger partial charge in [0.2, 0.25) is 5.91 Å². The molecular weight excluding hydrogens is 318 g/mol. The lowest BCUT2D eigenvalue weighted by atomic mass is 9.98. The molecule has 0 aliphatic carbocycles. The highest BCUT2D eigenvalue weighted by Gasteiger charge is 2.20. The maximum atomic E-state index is 12.2. The molecule has 0 saturated heterocycles. The summed E-state index contributed by atoms with van der Waals surface area (Å²) in [5.74, 6) is -1.44. The predicted octanol–water partition coefficient (Wildman–Crippen LogP) is 3.29. The van der Waals surface area contributed by atoms with E-state index < -0.39 is 12.0 Å². The molecule has 1 amide bonds. The third-order valence-electron chi connectivity index (χ3n) is 3.95. The van der Waals surface area contributed by atoms with Gasteiger partial charge in [-0.25, -0.2) is 0 Å². The number of aryl methyl sites for hydroxylation is 1. The highest BCUT2D eigenvalue weighted by atomic mass is 16.4. The number of aliphatic carboxylic acids is 1. The number of carboxylic acids is 1. The van der Waals surface area contributed by atoms with Crippen molar-refractivity contribution in [2.24, 2.45) is 0 Å². The number of amides is 1. The molecule has 0 saturated carbocycles. The summed E-state index contributed by atoms with van der Waals surface area (Å²) >= 11 is 0. The Bertz CT molecular complexity index is 755. The number of Topliss-reactive ketones (excluding diaryl/α,β-unsaturated/α-hetero) is 1. The molecule has 130 valence electrons. The van der Waals surface area contributed by atoms with Crippen LogP contribution in [0.15, 0.2) is 54.6 Å². The number of ketones is 1. The summed E-state index contributed by atoms with van der Waals surface area (Å²) in [6, 6.07) is 15.5. The van der Waals surface area contributed by atoms with E-state index in [1.807, 2.05) is 31.2 Å². The Morgan fingerprint density at radius 3 is 2.24 bits per heavy atom. The van der Waals surface area contributed by atoms with Crippen LogP contribution >= 0.6 is 0 Å². The molecule has 25 heavy (non-hydrogen) atoms. The number of carbonyl (C=O) groups is 3. The molecular formula is C20H21NO4. The minimum absolute atomic E-state index is 0.0235. The average Bonchev–Trinajstić information content (AvgIpc) is 2.60. The van der Waals surface area contributed by atoms with Gasteiger partial charge in [-0.3, -0.25) is 14.4 Å². The van der Waals surface area contributed by atoms with Crippen molar-refractivity contribution in [3.05, 3.63) is 71.3 Å². The molecule has 1 atom stereocenters. The van der Waals surface area contributed by atoms with E-state index >= 15 is 0 Å². The first-order chi connectivity index (χ1) is 12.0. The topological polar surface area (TPSA) is 83.5 Å². The molecule has 0 aliphatic heterocycles. The molecule has 5 nitrogen and oxygen atoms in total. The smallest absolute Gasteiger partial charge is 0.305 e. The van der Waals surface area contributed by atoms with E-state index in [9.17, 15) is 14.4 Å². The molecule has 2 N–H and O–H groups in total. The quantitative estimate of drug-likeness (QED) is 0.723. The van der Waals surface area contributed by atoms with Crippen LogP contribution in [0.25, 0.3) is 0 Å². The van der Waals surface area contributed by atoms with Crippen LogP contribution in [-0.2, 0) is 9.59 Å². The van der Waals surface area contributed by atoms with Gasteiger partial charge >= 0.3 is 5.97 Å². The van der Waals surface area contributed by atoms with Gasteiger partial charge in [-0.15, -0.1) is 0 Å². The molecule has 0 fully saturated rings. The number of carboxylic acid groups (broad SMARTS) is 1. The number of benzene rings is 2. The summed E-state index contributed by atoms with van der Waals surface area (Å²) in [7, 11) is 0. The van der Waals surface area contributed by atoms with Crippen molar-refractivity contribution in [2.45, 2.75) is 32.2 Å². The van der Waals surface area contributed by atoms with E-state index in [4.69, 9.17) is 5.11 Å². The second-order valence-electron chi connectivity index (χ2n) is 5.86. The van der Waals surface area contributed by atoms with E-state index in [2.05, 4.69) is 5.32 Å². The number of nitrogens with one attached hydrogen (secondary N) is 1. The van der Waals surface area contributed by atoms with E-state index in [-0.39, 0.29) is 31.0 Å². The Morgan fingerprint density at radius 2 is 1.60 bits per heavy atom. The van der Waals surface area contributed by atoms with Crippen LogP contribution in [0.4, 0.5) is 0 Å². The van der Waals surface area contributed by atoms with Crippen LogP contribution in [-0.4, -0.2) is 22.8 Å². The van der Waals surface area contributed by atoms with Crippen molar-refractivity contribution in [1.82, 2.24) is 5.32 Å². The third-order valence-corrected chi connectivity index (χ3v) is 3.95. The van der Waals surface area contributed by atoms with E-state index in [1.165, 1.54) is 0 Å². The van der Waals surface area contributed by atoms with Gasteiger partial charge in [-0.2, -0.15) is 0 Å². The molecule has 2 rings (SSSR count). The van der Waals surface area contributed by atoms with Crippen LogP contribution < -0.4 is 5.32 Å². The minimum atomic E-state index is -0.992. The molecule has 0 heterocycles. The monoisotopic (exact) mass is 339 g/mol. The van der Waals surface area contributed by atoms with Crippen molar-refractivity contribution >= 4 is 17.7 Å². The lowest BCUT2D eigenvalue weighted by molar-refractivity contribution is -0.137. The molecule has 0 bridgehead atoms. The zero-order valence-electron chi connectivity index (χ0n) is 14.1. The number of hydrogen-bond acceptors (Lipinski definition) is 3. The minimum Gasteiger partial charge on any atom is -0.481 e. The maximum absolute atomic E-state index is 12.2. The fraction of sp³-hybridized carbons (Fsp3) is 0.250. The summed E-state index contributed by atoms with van der Waals surface area (Å²) in [6.07, 6.45) is -0.0949. The highest BCUT2D eigenvalue weighted by Crippen LogP contribution is 2.21. The second-order valence-corrected chi connectivity index (χ2v) is 5.86. The SMILES string of the molecule is Cc1ccccc1C(CC(=O)O)NC(=O)CCC(=O)c1ccccc1. The Kier molecular flexibility index (Phi) is 6.46. The van der Waals surface area contributed by atoms with E-state index in [0.29, 0.717) is 5.56 Å². The first-order valence-electron chi connectivity index (χ1n) is 8.12. The molecule has 0 radical (unpaired) electrons. The van der Waals surface area contributed by atoms with Gasteiger partial charge in [-0.1, -0.05) is 54.6 Å². The highest BCUT2D eigenvalue weighted by molar-refractivity contribution is 5.97. The van der Waals surface area contributed by atoms with Gasteiger partial charge in [0.1, 0.15) is 0 Å². The van der Waals surface area contributed by atoms with Gasteiger partial charge in [0, 0.05) is 18.4 Å². The summed E-state index contributed by atoms with van der Waals surface area (Å²) in [5, 5.41) is 11.9. The van der Waals surface area contributed by atoms with Crippen molar-refractivity contribution in [1.29, 1.82) is 0 Å². The van der Waals surface area contributed by atoms with Gasteiger partial charge in [0.15, 0.2) is 5.78 Å². The molecule has 1 unspecified atom stereocenters. The lowest BCUT2D eigenvalue weighted by Crippen LogP contribution is -2.30. The average molecular weight is 339 g/mol. The zero-order chi connectivity index (χ0) is 18.2. The second kappa shape index (κ2) is 8.78. The summed E-state index contributed by atoms with van der Waals surface area (Å²) < 4.78 is 0.